The van der Waals surface area contributed by atoms with Crippen LogP contribution in [0.15, 0.2) is 90.0 Å². The van der Waals surface area contributed by atoms with E-state index in [1.807, 2.05) is 53.3 Å². The fourth-order valence-corrected chi connectivity index (χ4v) is 3.96. The second-order valence-electron chi connectivity index (χ2n) is 7.10. The lowest BCUT2D eigenvalue weighted by Gasteiger charge is -2.05. The molecule has 0 saturated heterocycles. The van der Waals surface area contributed by atoms with Crippen molar-refractivity contribution >= 4 is 9.84 Å². The first-order valence-corrected chi connectivity index (χ1v) is 11.4. The molecule has 30 heavy (non-hydrogen) atoms. The minimum Gasteiger partial charge on any atom is -0.497 e. The minimum absolute atomic E-state index is 0.293. The van der Waals surface area contributed by atoms with Gasteiger partial charge in [-0.05, 0) is 35.4 Å². The Bertz CT molecular complexity index is 1240. The van der Waals surface area contributed by atoms with E-state index in [1.165, 1.54) is 6.26 Å². The fraction of sp³-hybridized carbons (Fsp3) is 0.125. The van der Waals surface area contributed by atoms with E-state index in [4.69, 9.17) is 9.84 Å². The van der Waals surface area contributed by atoms with Crippen LogP contribution in [0.25, 0.3) is 22.4 Å². The molecule has 6 heteroatoms. The third kappa shape index (κ3) is 4.28. The van der Waals surface area contributed by atoms with Gasteiger partial charge in [0.2, 0.25) is 0 Å². The number of hydrogen-bond donors (Lipinski definition) is 0. The highest BCUT2D eigenvalue weighted by Crippen LogP contribution is 2.32. The van der Waals surface area contributed by atoms with Gasteiger partial charge in [-0.2, -0.15) is 5.10 Å². The molecule has 0 aliphatic heterocycles. The Balaban J connectivity index is 1.78. The SMILES string of the molecule is COc1ccc(-c2cn(Cc3ccccc3)nc2-c2ccc(S(C)(=O)=O)cc2)cc1. The normalized spacial score (nSPS) is 11.4. The first-order valence-electron chi connectivity index (χ1n) is 9.50. The van der Waals surface area contributed by atoms with Gasteiger partial charge in [-0.15, -0.1) is 0 Å². The van der Waals surface area contributed by atoms with Crippen LogP contribution in [0.4, 0.5) is 0 Å². The minimum atomic E-state index is -3.25. The van der Waals surface area contributed by atoms with Gasteiger partial charge in [-0.1, -0.05) is 54.6 Å². The average Bonchev–Trinajstić information content (AvgIpc) is 3.18. The maximum Gasteiger partial charge on any atom is 0.175 e. The van der Waals surface area contributed by atoms with Crippen molar-refractivity contribution in [2.45, 2.75) is 11.4 Å². The zero-order valence-electron chi connectivity index (χ0n) is 16.8. The number of rotatable bonds is 6. The predicted octanol–water partition coefficient (Wildman–Crippen LogP) is 4.68. The molecule has 1 heterocycles. The molecule has 0 amide bonds. The molecule has 3 aromatic carbocycles. The predicted molar refractivity (Wildman–Crippen MR) is 118 cm³/mol. The van der Waals surface area contributed by atoms with Crippen molar-refractivity contribution in [2.24, 2.45) is 0 Å². The molecule has 4 rings (SSSR count). The summed E-state index contributed by atoms with van der Waals surface area (Å²) in [6, 6.07) is 24.8. The Morgan fingerprint density at radius 3 is 2.10 bits per heavy atom. The van der Waals surface area contributed by atoms with E-state index in [-0.39, 0.29) is 0 Å². The molecule has 0 bridgehead atoms. The Hall–Kier alpha value is -3.38. The highest BCUT2D eigenvalue weighted by molar-refractivity contribution is 7.90. The third-order valence-electron chi connectivity index (χ3n) is 4.91. The van der Waals surface area contributed by atoms with Crippen LogP contribution >= 0.6 is 0 Å². The van der Waals surface area contributed by atoms with Crippen molar-refractivity contribution < 1.29 is 13.2 Å². The molecule has 0 atom stereocenters. The van der Waals surface area contributed by atoms with E-state index < -0.39 is 9.84 Å². The summed E-state index contributed by atoms with van der Waals surface area (Å²) in [5.41, 5.74) is 4.80. The van der Waals surface area contributed by atoms with E-state index in [9.17, 15) is 8.42 Å². The van der Waals surface area contributed by atoms with E-state index in [0.717, 1.165) is 33.7 Å². The zero-order valence-corrected chi connectivity index (χ0v) is 17.6. The van der Waals surface area contributed by atoms with Crippen LogP contribution in [-0.4, -0.2) is 31.6 Å². The van der Waals surface area contributed by atoms with Crippen LogP contribution < -0.4 is 4.74 Å². The van der Waals surface area contributed by atoms with Gasteiger partial charge in [0.1, 0.15) is 11.4 Å². The first kappa shape index (κ1) is 19.9. The summed E-state index contributed by atoms with van der Waals surface area (Å²) in [6.45, 7) is 0.644. The second-order valence-corrected chi connectivity index (χ2v) is 9.12. The molecule has 152 valence electrons. The van der Waals surface area contributed by atoms with Gasteiger partial charge in [0.15, 0.2) is 9.84 Å². The van der Waals surface area contributed by atoms with Gasteiger partial charge in [0.25, 0.3) is 0 Å². The molecular formula is C24H22N2O3S. The third-order valence-corrected chi connectivity index (χ3v) is 6.03. The number of nitrogens with zero attached hydrogens (tertiary/aromatic N) is 2. The molecule has 1 aromatic heterocycles. The maximum absolute atomic E-state index is 11.8. The molecule has 0 fully saturated rings. The molecule has 0 spiro atoms. The molecule has 0 radical (unpaired) electrons. The lowest BCUT2D eigenvalue weighted by Crippen LogP contribution is -2.00. The van der Waals surface area contributed by atoms with E-state index in [1.54, 1.807) is 31.4 Å². The fourth-order valence-electron chi connectivity index (χ4n) is 3.33. The van der Waals surface area contributed by atoms with Crippen molar-refractivity contribution in [3.05, 3.63) is 90.6 Å². The van der Waals surface area contributed by atoms with Crippen molar-refractivity contribution in [3.63, 3.8) is 0 Å². The second kappa shape index (κ2) is 8.16. The number of sulfone groups is 1. The summed E-state index contributed by atoms with van der Waals surface area (Å²) < 4.78 is 30.8. The summed E-state index contributed by atoms with van der Waals surface area (Å²) in [4.78, 5) is 0.293. The van der Waals surface area contributed by atoms with Crippen LogP contribution in [0.1, 0.15) is 5.56 Å². The number of aromatic nitrogens is 2. The summed E-state index contributed by atoms with van der Waals surface area (Å²) in [7, 11) is -1.61. The quantitative estimate of drug-likeness (QED) is 0.456. The smallest absolute Gasteiger partial charge is 0.175 e. The lowest BCUT2D eigenvalue weighted by molar-refractivity contribution is 0.415. The van der Waals surface area contributed by atoms with Gasteiger partial charge >= 0.3 is 0 Å². The molecule has 4 aromatic rings. The largest absolute Gasteiger partial charge is 0.497 e. The molecule has 0 N–H and O–H groups in total. The van der Waals surface area contributed by atoms with Crippen LogP contribution in [-0.2, 0) is 16.4 Å². The number of hydrogen-bond acceptors (Lipinski definition) is 4. The number of methoxy groups -OCH3 is 1. The van der Waals surface area contributed by atoms with E-state index in [0.29, 0.717) is 11.4 Å². The highest BCUT2D eigenvalue weighted by atomic mass is 32.2. The molecule has 0 aliphatic carbocycles. The van der Waals surface area contributed by atoms with Gasteiger partial charge in [0, 0.05) is 23.6 Å². The Labute approximate surface area is 176 Å². The van der Waals surface area contributed by atoms with Crippen molar-refractivity contribution in [1.82, 2.24) is 9.78 Å². The van der Waals surface area contributed by atoms with Crippen molar-refractivity contribution in [2.75, 3.05) is 13.4 Å². The van der Waals surface area contributed by atoms with Crippen molar-refractivity contribution in [1.29, 1.82) is 0 Å². The van der Waals surface area contributed by atoms with Crippen LogP contribution in [0.2, 0.25) is 0 Å². The maximum atomic E-state index is 11.8. The standard InChI is InChI=1S/C24H22N2O3S/c1-29-21-12-8-19(9-13-21)23-17-26(16-18-6-4-3-5-7-18)25-24(23)20-10-14-22(15-11-20)30(2,27)28/h3-15,17H,16H2,1-2H3. The van der Waals surface area contributed by atoms with Gasteiger partial charge in [-0.3, -0.25) is 4.68 Å². The Morgan fingerprint density at radius 2 is 1.50 bits per heavy atom. The molecule has 0 unspecified atom stereocenters. The van der Waals surface area contributed by atoms with Crippen molar-refractivity contribution in [3.8, 4) is 28.1 Å². The monoisotopic (exact) mass is 418 g/mol. The topological polar surface area (TPSA) is 61.2 Å². The molecule has 0 aliphatic rings. The van der Waals surface area contributed by atoms with Gasteiger partial charge in [-0.25, -0.2) is 8.42 Å². The highest BCUT2D eigenvalue weighted by Gasteiger charge is 2.15. The van der Waals surface area contributed by atoms with Gasteiger partial charge < -0.3 is 4.74 Å². The number of benzene rings is 3. The van der Waals surface area contributed by atoms with Gasteiger partial charge in [0.05, 0.1) is 18.6 Å². The summed E-state index contributed by atoms with van der Waals surface area (Å²) >= 11 is 0. The average molecular weight is 419 g/mol. The summed E-state index contributed by atoms with van der Waals surface area (Å²) in [5.74, 6) is 0.787. The van der Waals surface area contributed by atoms with Crippen LogP contribution in [0.5, 0.6) is 5.75 Å². The Morgan fingerprint density at radius 1 is 0.867 bits per heavy atom. The summed E-state index contributed by atoms with van der Waals surface area (Å²) in [5, 5.41) is 4.82. The zero-order chi connectivity index (χ0) is 21.1. The lowest BCUT2D eigenvalue weighted by atomic mass is 10.0. The first-order chi connectivity index (χ1) is 14.4. The summed E-state index contributed by atoms with van der Waals surface area (Å²) in [6.07, 6.45) is 3.23. The van der Waals surface area contributed by atoms with E-state index in [2.05, 4.69) is 12.1 Å². The van der Waals surface area contributed by atoms with Crippen LogP contribution in [0.3, 0.4) is 0 Å². The van der Waals surface area contributed by atoms with Crippen LogP contribution in [0, 0.1) is 0 Å². The van der Waals surface area contributed by atoms with E-state index >= 15 is 0 Å². The molecular weight excluding hydrogens is 396 g/mol. The molecule has 5 nitrogen and oxygen atoms in total. The number of ether oxygens (including phenoxy) is 1. The Kier molecular flexibility index (Phi) is 5.42. The molecule has 0 saturated carbocycles.